The van der Waals surface area contributed by atoms with Crippen LogP contribution in [0.25, 0.3) is 0 Å². The van der Waals surface area contributed by atoms with Gasteiger partial charge in [0.25, 0.3) is 0 Å². The fourth-order valence-electron chi connectivity index (χ4n) is 2.39. The number of ether oxygens (including phenoxy) is 2. The van der Waals surface area contributed by atoms with Crippen molar-refractivity contribution >= 4 is 5.97 Å². The highest BCUT2D eigenvalue weighted by atomic mass is 16.6. The second kappa shape index (κ2) is 8.63. The predicted molar refractivity (Wildman–Crippen MR) is 78.4 cm³/mol. The van der Waals surface area contributed by atoms with Crippen LogP contribution >= 0.6 is 0 Å². The van der Waals surface area contributed by atoms with E-state index in [1.165, 1.54) is 0 Å². The normalized spacial score (nSPS) is 25.9. The van der Waals surface area contributed by atoms with Crippen molar-refractivity contribution in [2.45, 2.75) is 78.1 Å². The van der Waals surface area contributed by atoms with Gasteiger partial charge < -0.3 is 14.6 Å². The zero-order valence-electron chi connectivity index (χ0n) is 13.3. The minimum absolute atomic E-state index is 0.0424. The van der Waals surface area contributed by atoms with Gasteiger partial charge in [-0.25, -0.2) is 0 Å². The molecule has 1 rings (SSSR count). The Labute approximate surface area is 122 Å². The topological polar surface area (TPSA) is 59.1 Å². The van der Waals surface area contributed by atoms with Crippen LogP contribution in [0.4, 0.5) is 0 Å². The molecule has 0 bridgehead atoms. The van der Waals surface area contributed by atoms with Gasteiger partial charge in [-0.3, -0.25) is 4.79 Å². The fourth-order valence-corrected chi connectivity index (χ4v) is 2.39. The molecule has 118 valence electrons. The summed E-state index contributed by atoms with van der Waals surface area (Å²) < 4.78 is 10.8. The molecule has 0 saturated carbocycles. The number of hydrogen-bond donors (Lipinski definition) is 1. The molecule has 1 N–H and O–H groups in total. The second-order valence-corrected chi connectivity index (χ2v) is 6.05. The summed E-state index contributed by atoms with van der Waals surface area (Å²) in [6.45, 7) is 8.41. The fraction of sp³-hybridized carbons (Fsp3) is 0.938. The SMILES string of the molecule is CCC(CCC(C)O)COC(=O)C(CC)CC1OC1C. The first kappa shape index (κ1) is 17.4. The van der Waals surface area contributed by atoms with Crippen LogP contribution in [0.3, 0.4) is 0 Å². The summed E-state index contributed by atoms with van der Waals surface area (Å²) in [5, 5.41) is 9.31. The van der Waals surface area contributed by atoms with Crippen molar-refractivity contribution in [3.8, 4) is 0 Å². The Hall–Kier alpha value is -0.610. The number of hydrogen-bond acceptors (Lipinski definition) is 4. The first-order valence-corrected chi connectivity index (χ1v) is 7.98. The summed E-state index contributed by atoms with van der Waals surface area (Å²) in [5.74, 6) is 0.215. The maximum Gasteiger partial charge on any atom is 0.309 e. The van der Waals surface area contributed by atoms with Gasteiger partial charge in [0.2, 0.25) is 0 Å². The Bertz CT molecular complexity index is 290. The molecule has 0 radical (unpaired) electrons. The molecule has 5 atom stereocenters. The molecule has 0 amide bonds. The van der Waals surface area contributed by atoms with Crippen molar-refractivity contribution in [2.24, 2.45) is 11.8 Å². The molecule has 4 heteroatoms. The van der Waals surface area contributed by atoms with Crippen molar-refractivity contribution in [1.82, 2.24) is 0 Å². The van der Waals surface area contributed by atoms with Gasteiger partial charge in [0, 0.05) is 0 Å². The van der Waals surface area contributed by atoms with E-state index in [1.807, 2.05) is 13.8 Å². The molecule has 4 nitrogen and oxygen atoms in total. The first-order valence-electron chi connectivity index (χ1n) is 7.98. The Balaban J connectivity index is 2.27. The van der Waals surface area contributed by atoms with Crippen molar-refractivity contribution in [3.63, 3.8) is 0 Å². The number of rotatable bonds is 10. The van der Waals surface area contributed by atoms with Crippen LogP contribution < -0.4 is 0 Å². The highest BCUT2D eigenvalue weighted by molar-refractivity contribution is 5.72. The molecule has 0 aromatic carbocycles. The molecule has 1 fully saturated rings. The van der Waals surface area contributed by atoms with Crippen molar-refractivity contribution in [2.75, 3.05) is 6.61 Å². The van der Waals surface area contributed by atoms with E-state index in [-0.39, 0.29) is 24.1 Å². The number of epoxide rings is 1. The largest absolute Gasteiger partial charge is 0.465 e. The molecule has 1 heterocycles. The lowest BCUT2D eigenvalue weighted by Crippen LogP contribution is -2.22. The van der Waals surface area contributed by atoms with Crippen molar-refractivity contribution in [3.05, 3.63) is 0 Å². The molecular formula is C16H30O4. The van der Waals surface area contributed by atoms with Gasteiger partial charge in [0.05, 0.1) is 30.8 Å². The van der Waals surface area contributed by atoms with E-state index in [0.717, 1.165) is 32.1 Å². The maximum atomic E-state index is 12.1. The van der Waals surface area contributed by atoms with E-state index < -0.39 is 0 Å². The van der Waals surface area contributed by atoms with Crippen LogP contribution in [0.2, 0.25) is 0 Å². The third-order valence-corrected chi connectivity index (χ3v) is 4.21. The van der Waals surface area contributed by atoms with Crippen molar-refractivity contribution < 1.29 is 19.4 Å². The lowest BCUT2D eigenvalue weighted by atomic mass is 9.98. The standard InChI is InChI=1S/C16H30O4/c1-5-13(8-7-11(3)17)10-19-16(18)14(6-2)9-15-12(4)20-15/h11-15,17H,5-10H2,1-4H3. The Morgan fingerprint density at radius 3 is 2.40 bits per heavy atom. The van der Waals surface area contributed by atoms with E-state index >= 15 is 0 Å². The molecular weight excluding hydrogens is 256 g/mol. The molecule has 0 aliphatic carbocycles. The molecule has 5 unspecified atom stereocenters. The third-order valence-electron chi connectivity index (χ3n) is 4.21. The molecule has 0 aromatic heterocycles. The average Bonchev–Trinajstić information content (AvgIpc) is 3.11. The van der Waals surface area contributed by atoms with Gasteiger partial charge in [0.15, 0.2) is 0 Å². The molecule has 1 saturated heterocycles. The molecule has 0 aromatic rings. The third kappa shape index (κ3) is 6.23. The van der Waals surface area contributed by atoms with Gasteiger partial charge in [-0.05, 0) is 45.4 Å². The Kier molecular flexibility index (Phi) is 7.52. The van der Waals surface area contributed by atoms with Crippen LogP contribution in [0.5, 0.6) is 0 Å². The van der Waals surface area contributed by atoms with Crippen LogP contribution in [0, 0.1) is 11.8 Å². The van der Waals surface area contributed by atoms with Gasteiger partial charge in [-0.2, -0.15) is 0 Å². The van der Waals surface area contributed by atoms with Gasteiger partial charge >= 0.3 is 5.97 Å². The monoisotopic (exact) mass is 286 g/mol. The van der Waals surface area contributed by atoms with Crippen LogP contribution in [0.15, 0.2) is 0 Å². The summed E-state index contributed by atoms with van der Waals surface area (Å²) >= 11 is 0. The lowest BCUT2D eigenvalue weighted by Gasteiger charge is -2.18. The van der Waals surface area contributed by atoms with E-state index in [1.54, 1.807) is 6.92 Å². The number of carbonyl (C=O) groups is 1. The first-order chi connectivity index (χ1) is 9.47. The highest BCUT2D eigenvalue weighted by Gasteiger charge is 2.37. The van der Waals surface area contributed by atoms with E-state index in [0.29, 0.717) is 18.6 Å². The van der Waals surface area contributed by atoms with Gasteiger partial charge in [0.1, 0.15) is 0 Å². The molecule has 0 spiro atoms. The van der Waals surface area contributed by atoms with E-state index in [4.69, 9.17) is 9.47 Å². The van der Waals surface area contributed by atoms with E-state index in [9.17, 15) is 9.90 Å². The van der Waals surface area contributed by atoms with Crippen LogP contribution in [-0.2, 0) is 14.3 Å². The number of aliphatic hydroxyl groups is 1. The lowest BCUT2D eigenvalue weighted by molar-refractivity contribution is -0.150. The predicted octanol–water partition coefficient (Wildman–Crippen LogP) is 2.92. The van der Waals surface area contributed by atoms with E-state index in [2.05, 4.69) is 6.92 Å². The Morgan fingerprint density at radius 1 is 1.30 bits per heavy atom. The van der Waals surface area contributed by atoms with Crippen LogP contribution in [-0.4, -0.2) is 36.0 Å². The average molecular weight is 286 g/mol. The summed E-state index contributed by atoms with van der Waals surface area (Å²) in [5.41, 5.74) is 0. The number of aliphatic hydroxyl groups excluding tert-OH is 1. The smallest absolute Gasteiger partial charge is 0.309 e. The summed E-state index contributed by atoms with van der Waals surface area (Å²) in [7, 11) is 0. The van der Waals surface area contributed by atoms with Crippen molar-refractivity contribution in [1.29, 1.82) is 0 Å². The molecule has 1 aliphatic rings. The quantitative estimate of drug-likeness (QED) is 0.495. The zero-order chi connectivity index (χ0) is 15.1. The zero-order valence-corrected chi connectivity index (χ0v) is 13.3. The number of carbonyl (C=O) groups excluding carboxylic acids is 1. The summed E-state index contributed by atoms with van der Waals surface area (Å²) in [6.07, 6.45) is 4.48. The minimum atomic E-state index is -0.281. The summed E-state index contributed by atoms with van der Waals surface area (Å²) in [4.78, 5) is 12.1. The molecule has 20 heavy (non-hydrogen) atoms. The van der Waals surface area contributed by atoms with Gasteiger partial charge in [-0.1, -0.05) is 20.3 Å². The summed E-state index contributed by atoms with van der Waals surface area (Å²) in [6, 6.07) is 0. The number of esters is 1. The highest BCUT2D eigenvalue weighted by Crippen LogP contribution is 2.29. The Morgan fingerprint density at radius 2 is 1.95 bits per heavy atom. The second-order valence-electron chi connectivity index (χ2n) is 6.05. The maximum absolute atomic E-state index is 12.1. The minimum Gasteiger partial charge on any atom is -0.465 e. The molecule has 1 aliphatic heterocycles. The van der Waals surface area contributed by atoms with Crippen LogP contribution in [0.1, 0.15) is 59.8 Å². The van der Waals surface area contributed by atoms with Gasteiger partial charge in [-0.15, -0.1) is 0 Å².